The Kier molecular flexibility index (Phi) is 5.83. The van der Waals surface area contributed by atoms with Crippen molar-refractivity contribution in [1.82, 2.24) is 15.2 Å². The molecule has 0 radical (unpaired) electrons. The summed E-state index contributed by atoms with van der Waals surface area (Å²) in [7, 11) is 1.53. The Morgan fingerprint density at radius 3 is 2.72 bits per heavy atom. The van der Waals surface area contributed by atoms with Gasteiger partial charge in [0.25, 0.3) is 0 Å². The predicted octanol–water partition coefficient (Wildman–Crippen LogP) is 2.38. The van der Waals surface area contributed by atoms with E-state index < -0.39 is 0 Å². The van der Waals surface area contributed by atoms with Crippen LogP contribution in [0.4, 0.5) is 0 Å². The molecule has 0 bridgehead atoms. The number of oxazole rings is 1. The number of likely N-dealkylation sites (tertiary alicyclic amines) is 1. The van der Waals surface area contributed by atoms with E-state index in [1.807, 2.05) is 12.1 Å². The maximum Gasteiger partial charge on any atom is 0.246 e. The molecule has 1 aliphatic heterocycles. The van der Waals surface area contributed by atoms with Gasteiger partial charge in [-0.2, -0.15) is 0 Å². The Hall–Kier alpha value is -2.18. The second-order valence-electron chi connectivity index (χ2n) is 6.56. The SMILES string of the molecule is COCC(=O)NC1CCN(Cc2coc(-c3ccc(C)cc3)n2)CC1. The molecule has 25 heavy (non-hydrogen) atoms. The predicted molar refractivity (Wildman–Crippen MR) is 95.0 cm³/mol. The summed E-state index contributed by atoms with van der Waals surface area (Å²) in [5, 5.41) is 3.01. The number of aryl methyl sites for hydroxylation is 1. The van der Waals surface area contributed by atoms with E-state index in [2.05, 4.69) is 34.3 Å². The fourth-order valence-electron chi connectivity index (χ4n) is 3.07. The normalized spacial score (nSPS) is 16.1. The lowest BCUT2D eigenvalue weighted by atomic mass is 10.0. The summed E-state index contributed by atoms with van der Waals surface area (Å²) >= 11 is 0. The third-order valence-electron chi connectivity index (χ3n) is 4.46. The molecule has 6 nitrogen and oxygen atoms in total. The van der Waals surface area contributed by atoms with E-state index in [1.165, 1.54) is 12.7 Å². The number of carbonyl (C=O) groups is 1. The average Bonchev–Trinajstić information content (AvgIpc) is 3.06. The van der Waals surface area contributed by atoms with E-state index in [0.717, 1.165) is 43.7 Å². The molecule has 2 aromatic rings. The minimum Gasteiger partial charge on any atom is -0.444 e. The van der Waals surface area contributed by atoms with E-state index in [4.69, 9.17) is 9.15 Å². The summed E-state index contributed by atoms with van der Waals surface area (Å²) < 4.78 is 10.5. The van der Waals surface area contributed by atoms with Gasteiger partial charge in [0.2, 0.25) is 11.8 Å². The Morgan fingerprint density at radius 1 is 1.32 bits per heavy atom. The highest BCUT2D eigenvalue weighted by atomic mass is 16.5. The van der Waals surface area contributed by atoms with Crippen molar-refractivity contribution in [3.8, 4) is 11.5 Å². The van der Waals surface area contributed by atoms with Gasteiger partial charge in [0, 0.05) is 38.3 Å². The van der Waals surface area contributed by atoms with E-state index in [1.54, 1.807) is 6.26 Å². The number of nitrogens with zero attached hydrogens (tertiary/aromatic N) is 2. The van der Waals surface area contributed by atoms with Crippen LogP contribution in [0.5, 0.6) is 0 Å². The lowest BCUT2D eigenvalue weighted by Crippen LogP contribution is -2.45. The van der Waals surface area contributed by atoms with Crippen LogP contribution in [0, 0.1) is 6.92 Å². The number of rotatable bonds is 6. The third-order valence-corrected chi connectivity index (χ3v) is 4.46. The number of piperidine rings is 1. The van der Waals surface area contributed by atoms with Gasteiger partial charge in [0.1, 0.15) is 12.9 Å². The summed E-state index contributed by atoms with van der Waals surface area (Å²) in [6.45, 7) is 4.83. The number of carbonyl (C=O) groups excluding carboxylic acids is 1. The molecule has 0 unspecified atom stereocenters. The maximum absolute atomic E-state index is 11.6. The minimum atomic E-state index is -0.0415. The van der Waals surface area contributed by atoms with Crippen molar-refractivity contribution in [1.29, 1.82) is 0 Å². The van der Waals surface area contributed by atoms with E-state index in [0.29, 0.717) is 5.89 Å². The number of methoxy groups -OCH3 is 1. The van der Waals surface area contributed by atoms with Crippen LogP contribution in [0.3, 0.4) is 0 Å². The Labute approximate surface area is 148 Å². The van der Waals surface area contributed by atoms with Crippen molar-refractivity contribution < 1.29 is 13.9 Å². The van der Waals surface area contributed by atoms with Crippen LogP contribution in [-0.4, -0.2) is 48.6 Å². The van der Waals surface area contributed by atoms with Crippen LogP contribution in [0.25, 0.3) is 11.5 Å². The third kappa shape index (κ3) is 4.90. The van der Waals surface area contributed by atoms with Crippen LogP contribution < -0.4 is 5.32 Å². The second kappa shape index (κ2) is 8.27. The van der Waals surface area contributed by atoms with Gasteiger partial charge in [-0.15, -0.1) is 0 Å². The highest BCUT2D eigenvalue weighted by molar-refractivity contribution is 5.77. The number of aromatic nitrogens is 1. The number of nitrogens with one attached hydrogen (secondary N) is 1. The molecule has 1 aromatic heterocycles. The molecule has 0 atom stereocenters. The van der Waals surface area contributed by atoms with Gasteiger partial charge in [-0.3, -0.25) is 9.69 Å². The molecule has 1 saturated heterocycles. The largest absolute Gasteiger partial charge is 0.444 e. The standard InChI is InChI=1S/C19H25N3O3/c1-14-3-5-15(6-4-14)19-21-17(12-25-19)11-22-9-7-16(8-10-22)20-18(23)13-24-2/h3-6,12,16H,7-11,13H2,1-2H3,(H,20,23). The molecule has 134 valence electrons. The molecule has 0 aliphatic carbocycles. The summed E-state index contributed by atoms with van der Waals surface area (Å²) in [4.78, 5) is 18.5. The van der Waals surface area contributed by atoms with Crippen molar-refractivity contribution in [3.05, 3.63) is 41.8 Å². The first-order valence-corrected chi connectivity index (χ1v) is 8.66. The smallest absolute Gasteiger partial charge is 0.246 e. The van der Waals surface area contributed by atoms with Crippen LogP contribution in [0.15, 0.2) is 34.9 Å². The van der Waals surface area contributed by atoms with E-state index in [-0.39, 0.29) is 18.6 Å². The van der Waals surface area contributed by atoms with Crippen molar-refractivity contribution in [2.24, 2.45) is 0 Å². The van der Waals surface area contributed by atoms with Crippen molar-refractivity contribution in [2.45, 2.75) is 32.4 Å². The summed E-state index contributed by atoms with van der Waals surface area (Å²) in [5.74, 6) is 0.622. The fourth-order valence-corrected chi connectivity index (χ4v) is 3.07. The van der Waals surface area contributed by atoms with E-state index in [9.17, 15) is 4.79 Å². The zero-order chi connectivity index (χ0) is 17.6. The molecular formula is C19H25N3O3. The Morgan fingerprint density at radius 2 is 2.04 bits per heavy atom. The number of benzene rings is 1. The molecule has 6 heteroatoms. The number of hydrogen-bond donors (Lipinski definition) is 1. The lowest BCUT2D eigenvalue weighted by molar-refractivity contribution is -0.125. The number of ether oxygens (including phenoxy) is 1. The number of amides is 1. The zero-order valence-electron chi connectivity index (χ0n) is 14.8. The molecule has 1 aromatic carbocycles. The Balaban J connectivity index is 1.49. The lowest BCUT2D eigenvalue weighted by Gasteiger charge is -2.31. The van der Waals surface area contributed by atoms with Gasteiger partial charge in [-0.25, -0.2) is 4.98 Å². The van der Waals surface area contributed by atoms with E-state index >= 15 is 0 Å². The van der Waals surface area contributed by atoms with Gasteiger partial charge in [-0.1, -0.05) is 17.7 Å². The molecular weight excluding hydrogens is 318 g/mol. The highest BCUT2D eigenvalue weighted by Crippen LogP contribution is 2.20. The van der Waals surface area contributed by atoms with Crippen LogP contribution in [0.2, 0.25) is 0 Å². The molecule has 1 N–H and O–H groups in total. The molecule has 1 aliphatic rings. The average molecular weight is 343 g/mol. The van der Waals surface area contributed by atoms with Gasteiger partial charge in [-0.05, 0) is 31.9 Å². The van der Waals surface area contributed by atoms with Crippen LogP contribution >= 0.6 is 0 Å². The van der Waals surface area contributed by atoms with Gasteiger partial charge in [0.15, 0.2) is 0 Å². The van der Waals surface area contributed by atoms with Gasteiger partial charge in [0.05, 0.1) is 5.69 Å². The van der Waals surface area contributed by atoms with Crippen molar-refractivity contribution >= 4 is 5.91 Å². The zero-order valence-corrected chi connectivity index (χ0v) is 14.8. The molecule has 1 amide bonds. The second-order valence-corrected chi connectivity index (χ2v) is 6.56. The first-order chi connectivity index (χ1) is 12.1. The first kappa shape index (κ1) is 17.6. The maximum atomic E-state index is 11.6. The van der Waals surface area contributed by atoms with Crippen molar-refractivity contribution in [3.63, 3.8) is 0 Å². The van der Waals surface area contributed by atoms with Crippen LogP contribution in [0.1, 0.15) is 24.1 Å². The monoisotopic (exact) mass is 343 g/mol. The Bertz CT molecular complexity index is 688. The minimum absolute atomic E-state index is 0.0415. The summed E-state index contributed by atoms with van der Waals surface area (Å²) in [6.07, 6.45) is 3.62. The van der Waals surface area contributed by atoms with Gasteiger partial charge < -0.3 is 14.5 Å². The summed E-state index contributed by atoms with van der Waals surface area (Å²) in [6, 6.07) is 8.40. The number of hydrogen-bond acceptors (Lipinski definition) is 5. The fraction of sp³-hybridized carbons (Fsp3) is 0.474. The van der Waals surface area contributed by atoms with Crippen molar-refractivity contribution in [2.75, 3.05) is 26.8 Å². The quantitative estimate of drug-likeness (QED) is 0.872. The first-order valence-electron chi connectivity index (χ1n) is 8.66. The molecule has 3 rings (SSSR count). The molecule has 0 spiro atoms. The molecule has 1 fully saturated rings. The topological polar surface area (TPSA) is 67.6 Å². The summed E-state index contributed by atoms with van der Waals surface area (Å²) in [5.41, 5.74) is 3.16. The van der Waals surface area contributed by atoms with Crippen LogP contribution in [-0.2, 0) is 16.1 Å². The van der Waals surface area contributed by atoms with Gasteiger partial charge >= 0.3 is 0 Å². The molecule has 0 saturated carbocycles. The highest BCUT2D eigenvalue weighted by Gasteiger charge is 2.21. The molecule has 2 heterocycles.